The number of piperazine rings is 1. The van der Waals surface area contributed by atoms with Gasteiger partial charge in [-0.05, 0) is 33.7 Å². The van der Waals surface area contributed by atoms with E-state index in [4.69, 9.17) is 4.74 Å². The number of hydrogen-bond acceptors (Lipinski definition) is 5. The minimum atomic E-state index is -0.176. The molecule has 27 heavy (non-hydrogen) atoms. The fraction of sp³-hybridized carbons (Fsp3) is 0.700. The molecular weight excluding hydrogens is 342 g/mol. The van der Waals surface area contributed by atoms with E-state index in [1.165, 1.54) is 5.56 Å². The lowest BCUT2D eigenvalue weighted by Crippen LogP contribution is -2.64. The van der Waals surface area contributed by atoms with Gasteiger partial charge in [-0.2, -0.15) is 5.10 Å². The molecule has 3 rings (SSSR count). The molecule has 0 aliphatic carbocycles. The second-order valence-electron chi connectivity index (χ2n) is 8.14. The van der Waals surface area contributed by atoms with Crippen LogP contribution in [-0.2, 0) is 17.8 Å². The van der Waals surface area contributed by atoms with Crippen LogP contribution in [0.25, 0.3) is 0 Å². The molecule has 2 aliphatic rings. The fourth-order valence-corrected chi connectivity index (χ4v) is 4.18. The summed E-state index contributed by atoms with van der Waals surface area (Å²) < 4.78 is 7.28. The van der Waals surface area contributed by atoms with Gasteiger partial charge in [-0.3, -0.25) is 14.5 Å². The van der Waals surface area contributed by atoms with Gasteiger partial charge in [0, 0.05) is 56.6 Å². The topological polar surface area (TPSA) is 53.8 Å². The van der Waals surface area contributed by atoms with Gasteiger partial charge in [-0.1, -0.05) is 6.08 Å². The van der Waals surface area contributed by atoms with Crippen molar-refractivity contribution in [1.82, 2.24) is 24.5 Å². The Morgan fingerprint density at radius 3 is 2.74 bits per heavy atom. The third-order valence-electron chi connectivity index (χ3n) is 5.78. The van der Waals surface area contributed by atoms with Crippen molar-refractivity contribution in [2.75, 3.05) is 39.8 Å². The lowest BCUT2D eigenvalue weighted by atomic mass is 9.83. The molecule has 1 spiro atoms. The number of likely N-dealkylation sites (tertiary alicyclic amines) is 1. The van der Waals surface area contributed by atoms with Gasteiger partial charge in [0.05, 0.1) is 18.8 Å². The van der Waals surface area contributed by atoms with Gasteiger partial charge in [-0.15, -0.1) is 6.58 Å². The van der Waals surface area contributed by atoms with Gasteiger partial charge >= 0.3 is 6.09 Å². The summed E-state index contributed by atoms with van der Waals surface area (Å²) in [6.07, 6.45) is 7.66. The fourth-order valence-electron chi connectivity index (χ4n) is 4.18. The summed E-state index contributed by atoms with van der Waals surface area (Å²) >= 11 is 0. The van der Waals surface area contributed by atoms with Crippen LogP contribution in [0.5, 0.6) is 0 Å². The summed E-state index contributed by atoms with van der Waals surface area (Å²) in [6.45, 7) is 13.9. The van der Waals surface area contributed by atoms with Gasteiger partial charge < -0.3 is 9.64 Å². The largest absolute Gasteiger partial charge is 0.447 e. The van der Waals surface area contributed by atoms with Crippen molar-refractivity contribution in [3.05, 3.63) is 30.6 Å². The first-order valence-corrected chi connectivity index (χ1v) is 9.93. The summed E-state index contributed by atoms with van der Waals surface area (Å²) in [7, 11) is 2.22. The van der Waals surface area contributed by atoms with Crippen LogP contribution in [-0.4, -0.2) is 82.0 Å². The van der Waals surface area contributed by atoms with Crippen LogP contribution in [0.1, 0.15) is 32.3 Å². The molecule has 7 heteroatoms. The van der Waals surface area contributed by atoms with Gasteiger partial charge in [0.25, 0.3) is 0 Å². The monoisotopic (exact) mass is 375 g/mol. The van der Waals surface area contributed by atoms with Gasteiger partial charge in [0.15, 0.2) is 0 Å². The molecule has 0 unspecified atom stereocenters. The summed E-state index contributed by atoms with van der Waals surface area (Å²) in [5.74, 6) is 0. The van der Waals surface area contributed by atoms with Crippen LogP contribution in [0.2, 0.25) is 0 Å². The molecule has 1 amide bonds. The second-order valence-corrected chi connectivity index (χ2v) is 8.14. The van der Waals surface area contributed by atoms with Crippen molar-refractivity contribution in [1.29, 1.82) is 0 Å². The lowest BCUT2D eigenvalue weighted by molar-refractivity contribution is -0.0307. The van der Waals surface area contributed by atoms with Gasteiger partial charge in [0.2, 0.25) is 0 Å². The van der Waals surface area contributed by atoms with Crippen molar-refractivity contribution in [3.8, 4) is 0 Å². The molecule has 3 heterocycles. The number of likely N-dealkylation sites (N-methyl/N-ethyl adjacent to an activating group) is 1. The number of rotatable bonds is 5. The van der Waals surface area contributed by atoms with E-state index in [-0.39, 0.29) is 17.7 Å². The Morgan fingerprint density at radius 2 is 2.07 bits per heavy atom. The van der Waals surface area contributed by atoms with E-state index in [1.807, 2.05) is 35.7 Å². The zero-order valence-corrected chi connectivity index (χ0v) is 16.9. The molecular formula is C20H33N5O2. The summed E-state index contributed by atoms with van der Waals surface area (Å²) in [5.41, 5.74) is 1.39. The van der Waals surface area contributed by atoms with Crippen molar-refractivity contribution < 1.29 is 9.53 Å². The number of carbonyl (C=O) groups is 1. The van der Waals surface area contributed by atoms with E-state index in [9.17, 15) is 4.79 Å². The Balaban J connectivity index is 1.58. The van der Waals surface area contributed by atoms with Crippen molar-refractivity contribution in [3.63, 3.8) is 0 Å². The van der Waals surface area contributed by atoms with Crippen LogP contribution in [0.4, 0.5) is 4.79 Å². The Bertz CT molecular complexity index is 649. The highest BCUT2D eigenvalue weighted by Crippen LogP contribution is 2.32. The molecule has 2 fully saturated rings. The number of carbonyl (C=O) groups excluding carboxylic acids is 1. The van der Waals surface area contributed by atoms with E-state index in [0.717, 1.165) is 58.7 Å². The van der Waals surface area contributed by atoms with Crippen LogP contribution in [0, 0.1) is 0 Å². The second kappa shape index (κ2) is 8.44. The van der Waals surface area contributed by atoms with Crippen molar-refractivity contribution in [2.45, 2.75) is 51.4 Å². The van der Waals surface area contributed by atoms with E-state index >= 15 is 0 Å². The highest BCUT2D eigenvalue weighted by atomic mass is 16.6. The Kier molecular flexibility index (Phi) is 6.22. The molecule has 0 saturated carbocycles. The van der Waals surface area contributed by atoms with E-state index in [2.05, 4.69) is 34.7 Å². The van der Waals surface area contributed by atoms with E-state index < -0.39 is 0 Å². The number of allylic oxidation sites excluding steroid dienone is 1. The van der Waals surface area contributed by atoms with Crippen LogP contribution < -0.4 is 0 Å². The van der Waals surface area contributed by atoms with Gasteiger partial charge in [-0.25, -0.2) is 4.79 Å². The predicted molar refractivity (Wildman–Crippen MR) is 105 cm³/mol. The average molecular weight is 376 g/mol. The molecule has 1 aromatic heterocycles. The molecule has 7 nitrogen and oxygen atoms in total. The lowest BCUT2D eigenvalue weighted by Gasteiger charge is -2.53. The molecule has 0 bridgehead atoms. The number of hydrogen-bond donors (Lipinski definition) is 0. The smallest absolute Gasteiger partial charge is 0.410 e. The predicted octanol–water partition coefficient (Wildman–Crippen LogP) is 2.20. The quantitative estimate of drug-likeness (QED) is 0.739. The number of ether oxygens (including phenoxy) is 1. The van der Waals surface area contributed by atoms with E-state index in [1.54, 1.807) is 0 Å². The van der Waals surface area contributed by atoms with Crippen LogP contribution in [0.15, 0.2) is 25.0 Å². The minimum Gasteiger partial charge on any atom is -0.447 e. The Morgan fingerprint density at radius 1 is 1.33 bits per heavy atom. The molecule has 0 N–H and O–H groups in total. The van der Waals surface area contributed by atoms with Crippen molar-refractivity contribution >= 4 is 6.09 Å². The number of aromatic nitrogens is 2. The molecule has 2 aliphatic heterocycles. The Hall–Kier alpha value is -1.86. The van der Waals surface area contributed by atoms with Crippen molar-refractivity contribution in [2.24, 2.45) is 0 Å². The van der Waals surface area contributed by atoms with Crippen LogP contribution >= 0.6 is 0 Å². The van der Waals surface area contributed by atoms with Gasteiger partial charge in [0.1, 0.15) is 0 Å². The normalized spacial score (nSPS) is 21.0. The SMILES string of the molecule is C=CCn1cc(CN2CCN(C)C3(CCN(C(=O)OC(C)C)CC3)C2)cn1. The third kappa shape index (κ3) is 4.71. The highest BCUT2D eigenvalue weighted by molar-refractivity contribution is 5.67. The summed E-state index contributed by atoms with van der Waals surface area (Å²) in [5, 5.41) is 4.39. The van der Waals surface area contributed by atoms with Crippen LogP contribution in [0.3, 0.4) is 0 Å². The first-order valence-electron chi connectivity index (χ1n) is 9.93. The summed E-state index contributed by atoms with van der Waals surface area (Å²) in [6, 6.07) is 0. The minimum absolute atomic E-state index is 0.0664. The molecule has 1 aromatic rings. The zero-order chi connectivity index (χ0) is 19.4. The summed E-state index contributed by atoms with van der Waals surface area (Å²) in [4.78, 5) is 19.1. The first kappa shape index (κ1) is 19.9. The molecule has 0 aromatic carbocycles. The zero-order valence-electron chi connectivity index (χ0n) is 16.9. The number of amides is 1. The average Bonchev–Trinajstić information content (AvgIpc) is 3.06. The first-order chi connectivity index (χ1) is 12.9. The maximum absolute atomic E-state index is 12.2. The Labute approximate surface area is 162 Å². The molecule has 0 radical (unpaired) electrons. The maximum atomic E-state index is 12.2. The highest BCUT2D eigenvalue weighted by Gasteiger charge is 2.43. The molecule has 0 atom stereocenters. The molecule has 2 saturated heterocycles. The number of piperidine rings is 1. The number of nitrogens with zero attached hydrogens (tertiary/aromatic N) is 5. The maximum Gasteiger partial charge on any atom is 0.410 e. The standard InChI is InChI=1S/C20H33N5O2/c1-5-8-25-15-18(13-21-25)14-23-12-11-22(4)20(16-23)6-9-24(10-7-20)19(26)27-17(2)3/h5,13,15,17H,1,6-12,14,16H2,2-4H3. The molecule has 150 valence electrons. The van der Waals surface area contributed by atoms with E-state index in [0.29, 0.717) is 0 Å². The third-order valence-corrected chi connectivity index (χ3v) is 5.78.